The highest BCUT2D eigenvalue weighted by atomic mass is 35.5. The minimum absolute atomic E-state index is 0.237. The summed E-state index contributed by atoms with van der Waals surface area (Å²) in [5, 5.41) is 4.66. The molecule has 0 amide bonds. The lowest BCUT2D eigenvalue weighted by atomic mass is 10.2. The first-order valence-corrected chi connectivity index (χ1v) is 6.46. The molecule has 0 aliphatic rings. The molecule has 3 N–H and O–H groups in total. The lowest BCUT2D eigenvalue weighted by Crippen LogP contribution is -1.95. The average Bonchev–Trinajstić information content (AvgIpc) is 2.36. The molecule has 0 aliphatic carbocycles. The van der Waals surface area contributed by atoms with E-state index in [2.05, 4.69) is 5.32 Å². The molecule has 0 aliphatic heterocycles. The topological polar surface area (TPSA) is 38.0 Å². The minimum Gasteiger partial charge on any atom is -0.396 e. The number of nitrogens with two attached hydrogens (primary N) is 1. The van der Waals surface area contributed by atoms with Gasteiger partial charge in [-0.2, -0.15) is 0 Å². The first kappa shape index (κ1) is 13.6. The Morgan fingerprint density at radius 3 is 2.11 bits per heavy atom. The minimum atomic E-state index is 0.237. The largest absolute Gasteiger partial charge is 0.396 e. The molecular formula is C12H8Cl4N2. The van der Waals surface area contributed by atoms with E-state index in [0.29, 0.717) is 20.8 Å². The van der Waals surface area contributed by atoms with Gasteiger partial charge in [-0.1, -0.05) is 46.4 Å². The van der Waals surface area contributed by atoms with Gasteiger partial charge in [0.05, 0.1) is 26.4 Å². The molecular weight excluding hydrogens is 314 g/mol. The van der Waals surface area contributed by atoms with E-state index in [9.17, 15) is 0 Å². The number of benzene rings is 2. The van der Waals surface area contributed by atoms with Crippen molar-refractivity contribution < 1.29 is 0 Å². The smallest absolute Gasteiger partial charge is 0.0858 e. The molecule has 0 atom stereocenters. The van der Waals surface area contributed by atoms with Crippen LogP contribution in [0.4, 0.5) is 17.1 Å². The van der Waals surface area contributed by atoms with E-state index >= 15 is 0 Å². The maximum atomic E-state index is 6.09. The molecule has 94 valence electrons. The third-order valence-corrected chi connectivity index (χ3v) is 3.76. The first-order valence-electron chi connectivity index (χ1n) is 4.94. The zero-order valence-corrected chi connectivity index (χ0v) is 12.0. The molecule has 0 saturated heterocycles. The maximum Gasteiger partial charge on any atom is 0.0858 e. The predicted molar refractivity (Wildman–Crippen MR) is 80.6 cm³/mol. The molecule has 0 unspecified atom stereocenters. The highest BCUT2D eigenvalue weighted by Gasteiger charge is 2.12. The van der Waals surface area contributed by atoms with Crippen LogP contribution in [0.3, 0.4) is 0 Å². The van der Waals surface area contributed by atoms with Crippen molar-refractivity contribution in [1.82, 2.24) is 0 Å². The number of hydrogen-bond donors (Lipinski definition) is 2. The monoisotopic (exact) mass is 320 g/mol. The molecule has 0 radical (unpaired) electrons. The quantitative estimate of drug-likeness (QED) is 0.556. The summed E-state index contributed by atoms with van der Waals surface area (Å²) in [6.07, 6.45) is 0. The van der Waals surface area contributed by atoms with Gasteiger partial charge in [-0.05, 0) is 30.3 Å². The van der Waals surface area contributed by atoms with Crippen LogP contribution in [-0.4, -0.2) is 0 Å². The Morgan fingerprint density at radius 2 is 1.50 bits per heavy atom. The van der Waals surface area contributed by atoms with Gasteiger partial charge in [-0.15, -0.1) is 0 Å². The summed E-state index contributed by atoms with van der Waals surface area (Å²) < 4.78 is 0. The van der Waals surface area contributed by atoms with Crippen molar-refractivity contribution in [2.24, 2.45) is 0 Å². The Hall–Kier alpha value is -0.800. The van der Waals surface area contributed by atoms with Crippen LogP contribution < -0.4 is 11.1 Å². The number of rotatable bonds is 2. The lowest BCUT2D eigenvalue weighted by Gasteiger charge is -2.12. The molecule has 0 saturated carbocycles. The van der Waals surface area contributed by atoms with Crippen LogP contribution in [0.15, 0.2) is 30.3 Å². The number of nitrogen functional groups attached to an aromatic ring is 1. The maximum absolute atomic E-state index is 6.09. The fraction of sp³-hybridized carbons (Fsp3) is 0. The fourth-order valence-corrected chi connectivity index (χ4v) is 2.17. The van der Waals surface area contributed by atoms with E-state index in [1.54, 1.807) is 18.2 Å². The standard InChI is InChI=1S/C12H8Cl4N2/c13-6-1-3-7(4-2-6)18-9-5-8(14)12(17)11(16)10(9)15/h1-5,18H,17H2. The second-order valence-corrected chi connectivity index (χ2v) is 5.18. The van der Waals surface area contributed by atoms with Gasteiger partial charge in [-0.3, -0.25) is 0 Å². The van der Waals surface area contributed by atoms with E-state index in [0.717, 1.165) is 5.69 Å². The Labute approximate surface area is 125 Å². The van der Waals surface area contributed by atoms with Crippen molar-refractivity contribution in [2.45, 2.75) is 0 Å². The molecule has 0 spiro atoms. The number of hydrogen-bond acceptors (Lipinski definition) is 2. The van der Waals surface area contributed by atoms with Crippen LogP contribution in [0.1, 0.15) is 0 Å². The van der Waals surface area contributed by atoms with Crippen LogP contribution in [0.25, 0.3) is 0 Å². The summed E-state index contributed by atoms with van der Waals surface area (Å²) in [6.45, 7) is 0. The molecule has 2 nitrogen and oxygen atoms in total. The molecule has 0 fully saturated rings. The molecule has 2 aromatic carbocycles. The normalized spacial score (nSPS) is 10.4. The van der Waals surface area contributed by atoms with E-state index in [1.165, 1.54) is 0 Å². The van der Waals surface area contributed by atoms with Crippen LogP contribution in [0.2, 0.25) is 20.1 Å². The Balaban J connectivity index is 2.38. The molecule has 2 rings (SSSR count). The number of halogens is 4. The highest BCUT2D eigenvalue weighted by molar-refractivity contribution is 6.47. The molecule has 6 heteroatoms. The van der Waals surface area contributed by atoms with Crippen molar-refractivity contribution in [3.8, 4) is 0 Å². The van der Waals surface area contributed by atoms with Gasteiger partial charge >= 0.3 is 0 Å². The number of anilines is 3. The van der Waals surface area contributed by atoms with E-state index in [4.69, 9.17) is 52.1 Å². The average molecular weight is 322 g/mol. The summed E-state index contributed by atoms with van der Waals surface area (Å²) >= 11 is 23.8. The van der Waals surface area contributed by atoms with E-state index < -0.39 is 0 Å². The summed E-state index contributed by atoms with van der Waals surface area (Å²) in [7, 11) is 0. The van der Waals surface area contributed by atoms with Gasteiger partial charge in [-0.25, -0.2) is 0 Å². The molecule has 2 aromatic rings. The fourth-order valence-electron chi connectivity index (χ4n) is 1.39. The van der Waals surface area contributed by atoms with Crippen LogP contribution in [0, 0.1) is 0 Å². The van der Waals surface area contributed by atoms with Crippen molar-refractivity contribution in [2.75, 3.05) is 11.1 Å². The van der Waals surface area contributed by atoms with Crippen molar-refractivity contribution in [3.05, 3.63) is 50.4 Å². The van der Waals surface area contributed by atoms with Gasteiger partial charge in [0.1, 0.15) is 0 Å². The SMILES string of the molecule is Nc1c(Cl)cc(Nc2ccc(Cl)cc2)c(Cl)c1Cl. The summed E-state index contributed by atoms with van der Waals surface area (Å²) in [5.74, 6) is 0. The highest BCUT2D eigenvalue weighted by Crippen LogP contribution is 2.40. The predicted octanol–water partition coefficient (Wildman–Crippen LogP) is 5.63. The van der Waals surface area contributed by atoms with Crippen molar-refractivity contribution >= 4 is 63.5 Å². The molecule has 0 heterocycles. The zero-order chi connectivity index (χ0) is 13.3. The third-order valence-electron chi connectivity index (χ3n) is 2.32. The summed E-state index contributed by atoms with van der Waals surface area (Å²) in [5.41, 5.74) is 7.34. The Bertz CT molecular complexity index is 582. The van der Waals surface area contributed by atoms with E-state index in [1.807, 2.05) is 12.1 Å². The molecule has 0 aromatic heterocycles. The van der Waals surface area contributed by atoms with Gasteiger partial charge in [0, 0.05) is 10.7 Å². The molecule has 18 heavy (non-hydrogen) atoms. The van der Waals surface area contributed by atoms with Crippen molar-refractivity contribution in [3.63, 3.8) is 0 Å². The zero-order valence-electron chi connectivity index (χ0n) is 8.98. The second-order valence-electron chi connectivity index (χ2n) is 3.58. The summed E-state index contributed by atoms with van der Waals surface area (Å²) in [4.78, 5) is 0. The Morgan fingerprint density at radius 1 is 0.889 bits per heavy atom. The van der Waals surface area contributed by atoms with Crippen molar-refractivity contribution in [1.29, 1.82) is 0 Å². The lowest BCUT2D eigenvalue weighted by molar-refractivity contribution is 1.55. The second kappa shape index (κ2) is 5.45. The Kier molecular flexibility index (Phi) is 4.13. The van der Waals surface area contributed by atoms with Crippen LogP contribution in [-0.2, 0) is 0 Å². The van der Waals surface area contributed by atoms with Gasteiger partial charge < -0.3 is 11.1 Å². The first-order chi connectivity index (χ1) is 8.49. The van der Waals surface area contributed by atoms with Gasteiger partial charge in [0.2, 0.25) is 0 Å². The van der Waals surface area contributed by atoms with E-state index in [-0.39, 0.29) is 10.7 Å². The van der Waals surface area contributed by atoms with Crippen LogP contribution in [0.5, 0.6) is 0 Å². The number of nitrogens with one attached hydrogen (secondary N) is 1. The third kappa shape index (κ3) is 2.78. The molecule has 0 bridgehead atoms. The summed E-state index contributed by atoms with van der Waals surface area (Å²) in [6, 6.07) is 8.78. The van der Waals surface area contributed by atoms with Gasteiger partial charge in [0.15, 0.2) is 0 Å². The van der Waals surface area contributed by atoms with Gasteiger partial charge in [0.25, 0.3) is 0 Å². The van der Waals surface area contributed by atoms with Crippen LogP contribution >= 0.6 is 46.4 Å².